The van der Waals surface area contributed by atoms with Crippen molar-refractivity contribution in [1.29, 1.82) is 0 Å². The molecular formula is C20H25NO3S. The quantitative estimate of drug-likeness (QED) is 0.770. The van der Waals surface area contributed by atoms with E-state index in [1.165, 1.54) is 11.3 Å². The molecule has 1 N–H and O–H groups in total. The number of rotatable bonds is 6. The Morgan fingerprint density at radius 3 is 2.32 bits per heavy atom. The largest absolute Gasteiger partial charge is 0.491 e. The Balaban J connectivity index is 2.20. The summed E-state index contributed by atoms with van der Waals surface area (Å²) in [5.41, 5.74) is 1.33. The number of hydrogen-bond acceptors (Lipinski definition) is 4. The van der Waals surface area contributed by atoms with Crippen molar-refractivity contribution < 1.29 is 14.3 Å². The minimum Gasteiger partial charge on any atom is -0.491 e. The third-order valence-electron chi connectivity index (χ3n) is 3.88. The minimum absolute atomic E-state index is 0.0747. The monoisotopic (exact) mass is 359 g/mol. The van der Waals surface area contributed by atoms with Crippen molar-refractivity contribution in [2.45, 2.75) is 53.2 Å². The van der Waals surface area contributed by atoms with E-state index in [0.29, 0.717) is 10.4 Å². The Bertz CT molecular complexity index is 790. The van der Waals surface area contributed by atoms with Gasteiger partial charge in [0.25, 0.3) is 5.91 Å². The number of amides is 1. The zero-order chi connectivity index (χ0) is 18.8. The van der Waals surface area contributed by atoms with E-state index in [4.69, 9.17) is 4.74 Å². The second-order valence-electron chi connectivity index (χ2n) is 6.98. The summed E-state index contributed by atoms with van der Waals surface area (Å²) in [5, 5.41) is 4.73. The first-order chi connectivity index (χ1) is 11.6. The zero-order valence-corrected chi connectivity index (χ0v) is 16.4. The van der Waals surface area contributed by atoms with Gasteiger partial charge in [-0.15, -0.1) is 11.3 Å². The molecule has 0 bridgehead atoms. The molecule has 0 aliphatic rings. The van der Waals surface area contributed by atoms with Gasteiger partial charge >= 0.3 is 0 Å². The third-order valence-corrected chi connectivity index (χ3v) is 4.89. The third kappa shape index (κ3) is 4.48. The van der Waals surface area contributed by atoms with Gasteiger partial charge in [0.05, 0.1) is 16.5 Å². The van der Waals surface area contributed by atoms with Crippen LogP contribution in [-0.4, -0.2) is 23.3 Å². The first kappa shape index (κ1) is 19.2. The van der Waals surface area contributed by atoms with E-state index in [9.17, 15) is 9.59 Å². The van der Waals surface area contributed by atoms with Gasteiger partial charge in [-0.1, -0.05) is 0 Å². The Morgan fingerprint density at radius 2 is 1.80 bits per heavy atom. The first-order valence-corrected chi connectivity index (χ1v) is 9.18. The maximum atomic E-state index is 13.0. The van der Waals surface area contributed by atoms with E-state index >= 15 is 0 Å². The number of thiophene rings is 1. The van der Waals surface area contributed by atoms with Crippen LogP contribution in [0.2, 0.25) is 0 Å². The standard InChI is InChI=1S/C20H25NO3S/c1-12(2)24-15-7-8-16(14(4)11-15)18(22)20(5,6)21-19(23)17-13(3)9-10-25-17/h7-12H,1-6H3,(H,21,23). The van der Waals surface area contributed by atoms with Crippen LogP contribution in [0.3, 0.4) is 0 Å². The average molecular weight is 359 g/mol. The molecule has 1 amide bonds. The van der Waals surface area contributed by atoms with Crippen LogP contribution >= 0.6 is 11.3 Å². The fraction of sp³-hybridized carbons (Fsp3) is 0.400. The van der Waals surface area contributed by atoms with Crippen LogP contribution < -0.4 is 10.1 Å². The van der Waals surface area contributed by atoms with Crippen molar-refractivity contribution >= 4 is 23.0 Å². The summed E-state index contributed by atoms with van der Waals surface area (Å²) in [6.45, 7) is 11.1. The predicted molar refractivity (Wildman–Crippen MR) is 102 cm³/mol. The normalized spacial score (nSPS) is 11.5. The maximum absolute atomic E-state index is 13.0. The van der Waals surface area contributed by atoms with Crippen LogP contribution in [0.4, 0.5) is 0 Å². The Labute approximate surface area is 153 Å². The molecule has 2 aromatic rings. The number of carbonyl (C=O) groups is 2. The van der Waals surface area contributed by atoms with Gasteiger partial charge in [-0.25, -0.2) is 0 Å². The summed E-state index contributed by atoms with van der Waals surface area (Å²) in [6, 6.07) is 7.31. The van der Waals surface area contributed by atoms with E-state index in [1.807, 2.05) is 45.2 Å². The van der Waals surface area contributed by atoms with Gasteiger partial charge in [-0.3, -0.25) is 9.59 Å². The van der Waals surface area contributed by atoms with Gasteiger partial charge in [-0.05, 0) is 82.3 Å². The second-order valence-corrected chi connectivity index (χ2v) is 7.90. The highest BCUT2D eigenvalue weighted by atomic mass is 32.1. The lowest BCUT2D eigenvalue weighted by Crippen LogP contribution is -2.49. The molecular weight excluding hydrogens is 334 g/mol. The number of benzene rings is 1. The van der Waals surface area contributed by atoms with Crippen molar-refractivity contribution in [3.05, 3.63) is 51.2 Å². The lowest BCUT2D eigenvalue weighted by molar-refractivity contribution is 0.0799. The lowest BCUT2D eigenvalue weighted by atomic mass is 9.90. The van der Waals surface area contributed by atoms with E-state index in [0.717, 1.165) is 16.9 Å². The summed E-state index contributed by atoms with van der Waals surface area (Å²) in [5.74, 6) is 0.395. The van der Waals surface area contributed by atoms with Crippen LogP contribution in [0.1, 0.15) is 58.9 Å². The van der Waals surface area contributed by atoms with Crippen molar-refractivity contribution in [3.8, 4) is 5.75 Å². The average Bonchev–Trinajstić information content (AvgIpc) is 2.92. The number of aryl methyl sites for hydroxylation is 2. The molecule has 0 saturated carbocycles. The highest BCUT2D eigenvalue weighted by molar-refractivity contribution is 7.12. The molecule has 5 heteroatoms. The van der Waals surface area contributed by atoms with E-state index in [1.54, 1.807) is 26.0 Å². The number of hydrogen-bond donors (Lipinski definition) is 1. The molecule has 1 heterocycles. The van der Waals surface area contributed by atoms with Crippen molar-refractivity contribution in [1.82, 2.24) is 5.32 Å². The SMILES string of the molecule is Cc1cc(OC(C)C)ccc1C(=O)C(C)(C)NC(=O)c1sccc1C. The molecule has 0 saturated heterocycles. The van der Waals surface area contributed by atoms with Crippen LogP contribution in [0.25, 0.3) is 0 Å². The molecule has 1 aromatic heterocycles. The molecule has 0 radical (unpaired) electrons. The first-order valence-electron chi connectivity index (χ1n) is 8.30. The highest BCUT2D eigenvalue weighted by Crippen LogP contribution is 2.23. The smallest absolute Gasteiger partial charge is 0.262 e. The van der Waals surface area contributed by atoms with Crippen LogP contribution in [0.15, 0.2) is 29.6 Å². The summed E-state index contributed by atoms with van der Waals surface area (Å²) in [6.07, 6.45) is 0.0747. The number of nitrogens with one attached hydrogen (secondary N) is 1. The molecule has 0 aliphatic carbocycles. The molecule has 0 fully saturated rings. The van der Waals surface area contributed by atoms with Crippen LogP contribution in [-0.2, 0) is 0 Å². The van der Waals surface area contributed by atoms with Crippen molar-refractivity contribution in [2.75, 3.05) is 0 Å². The summed E-state index contributed by atoms with van der Waals surface area (Å²) < 4.78 is 5.66. The van der Waals surface area contributed by atoms with Gasteiger partial charge in [0.1, 0.15) is 5.75 Å². The van der Waals surface area contributed by atoms with Gasteiger partial charge in [0, 0.05) is 5.56 Å². The predicted octanol–water partition coefficient (Wildman–Crippen LogP) is 4.54. The molecule has 0 spiro atoms. The summed E-state index contributed by atoms with van der Waals surface area (Å²) >= 11 is 1.38. The molecule has 0 aliphatic heterocycles. The molecule has 0 atom stereocenters. The number of ketones is 1. The Kier molecular flexibility index (Phi) is 5.68. The van der Waals surface area contributed by atoms with E-state index in [-0.39, 0.29) is 17.8 Å². The minimum atomic E-state index is -1.00. The van der Waals surface area contributed by atoms with Gasteiger partial charge in [-0.2, -0.15) is 0 Å². The van der Waals surface area contributed by atoms with Gasteiger partial charge < -0.3 is 10.1 Å². The van der Waals surface area contributed by atoms with E-state index < -0.39 is 5.54 Å². The molecule has 2 rings (SSSR count). The fourth-order valence-corrected chi connectivity index (χ4v) is 3.40. The fourth-order valence-electron chi connectivity index (χ4n) is 2.58. The maximum Gasteiger partial charge on any atom is 0.262 e. The van der Waals surface area contributed by atoms with Crippen LogP contribution in [0.5, 0.6) is 5.75 Å². The second kappa shape index (κ2) is 7.40. The van der Waals surface area contributed by atoms with Crippen molar-refractivity contribution in [2.24, 2.45) is 0 Å². The van der Waals surface area contributed by atoms with E-state index in [2.05, 4.69) is 5.32 Å². The molecule has 134 valence electrons. The molecule has 0 unspecified atom stereocenters. The molecule has 25 heavy (non-hydrogen) atoms. The molecule has 4 nitrogen and oxygen atoms in total. The number of Topliss-reactive ketones (excluding diaryl/α,β-unsaturated/α-hetero) is 1. The Morgan fingerprint density at radius 1 is 1.12 bits per heavy atom. The summed E-state index contributed by atoms with van der Waals surface area (Å²) in [4.78, 5) is 26.1. The summed E-state index contributed by atoms with van der Waals surface area (Å²) in [7, 11) is 0. The van der Waals surface area contributed by atoms with Gasteiger partial charge in [0.15, 0.2) is 5.78 Å². The highest BCUT2D eigenvalue weighted by Gasteiger charge is 2.32. The van der Waals surface area contributed by atoms with Crippen molar-refractivity contribution in [3.63, 3.8) is 0 Å². The number of carbonyl (C=O) groups excluding carboxylic acids is 2. The lowest BCUT2D eigenvalue weighted by Gasteiger charge is -2.25. The Hall–Kier alpha value is -2.14. The zero-order valence-electron chi connectivity index (χ0n) is 15.6. The number of ether oxygens (including phenoxy) is 1. The van der Waals surface area contributed by atoms with Gasteiger partial charge in [0.2, 0.25) is 0 Å². The van der Waals surface area contributed by atoms with Crippen LogP contribution in [0, 0.1) is 13.8 Å². The molecule has 1 aromatic carbocycles. The topological polar surface area (TPSA) is 55.4 Å².